The number of nitrogens with zero attached hydrogens (tertiary/aromatic N) is 4. The third-order valence-corrected chi connectivity index (χ3v) is 5.22. The topological polar surface area (TPSA) is 62.8 Å². The Kier molecular flexibility index (Phi) is 6.75. The van der Waals surface area contributed by atoms with Gasteiger partial charge >= 0.3 is 0 Å². The van der Waals surface area contributed by atoms with Gasteiger partial charge in [-0.3, -0.25) is 0 Å². The van der Waals surface area contributed by atoms with Gasteiger partial charge in [0.2, 0.25) is 5.95 Å². The molecule has 2 aromatic carbocycles. The van der Waals surface area contributed by atoms with Gasteiger partial charge in [-0.15, -0.1) is 0 Å². The molecule has 0 unspecified atom stereocenters. The maximum atomic E-state index is 5.97. The first-order valence-electron chi connectivity index (χ1n) is 11.0. The monoisotopic (exact) mass is 433 g/mol. The molecule has 7 heteroatoms. The molecule has 7 nitrogen and oxygen atoms in total. The number of morpholine rings is 1. The Labute approximate surface area is 190 Å². The predicted molar refractivity (Wildman–Crippen MR) is 129 cm³/mol. The van der Waals surface area contributed by atoms with Crippen LogP contribution in [0, 0.1) is 0 Å². The molecule has 1 N–H and O–H groups in total. The van der Waals surface area contributed by atoms with E-state index in [-0.39, 0.29) is 12.2 Å². The van der Waals surface area contributed by atoms with E-state index >= 15 is 0 Å². The quantitative estimate of drug-likeness (QED) is 0.589. The van der Waals surface area contributed by atoms with Gasteiger partial charge in [0.25, 0.3) is 0 Å². The maximum Gasteiger partial charge on any atom is 0.229 e. The van der Waals surface area contributed by atoms with Crippen molar-refractivity contribution in [2.45, 2.75) is 32.7 Å². The Balaban J connectivity index is 1.52. The Morgan fingerprint density at radius 3 is 2.47 bits per heavy atom. The minimum atomic E-state index is 0.139. The van der Waals surface area contributed by atoms with Crippen LogP contribution in [0.25, 0.3) is 0 Å². The van der Waals surface area contributed by atoms with Crippen LogP contribution in [0.4, 0.5) is 23.3 Å². The highest BCUT2D eigenvalue weighted by molar-refractivity contribution is 5.63. The van der Waals surface area contributed by atoms with E-state index in [2.05, 4.69) is 36.2 Å². The first kappa shape index (κ1) is 21.9. The lowest BCUT2D eigenvalue weighted by Gasteiger charge is -2.35. The third-order valence-electron chi connectivity index (χ3n) is 5.22. The van der Waals surface area contributed by atoms with Crippen molar-refractivity contribution in [2.24, 2.45) is 0 Å². The third kappa shape index (κ3) is 5.68. The van der Waals surface area contributed by atoms with Crippen LogP contribution in [0.2, 0.25) is 0 Å². The number of rotatable bonds is 7. The summed E-state index contributed by atoms with van der Waals surface area (Å²) in [4.78, 5) is 13.8. The number of anilines is 4. The average Bonchev–Trinajstić information content (AvgIpc) is 2.78. The summed E-state index contributed by atoms with van der Waals surface area (Å²) in [5.41, 5.74) is 2.05. The summed E-state index contributed by atoms with van der Waals surface area (Å²) in [7, 11) is 3.97. The smallest absolute Gasteiger partial charge is 0.229 e. The highest BCUT2D eigenvalue weighted by atomic mass is 16.5. The van der Waals surface area contributed by atoms with Crippen molar-refractivity contribution >= 4 is 23.3 Å². The van der Waals surface area contributed by atoms with E-state index in [0.29, 0.717) is 12.6 Å². The minimum Gasteiger partial charge on any atom is -0.489 e. The van der Waals surface area contributed by atoms with Crippen LogP contribution in [0.3, 0.4) is 0 Å². The van der Waals surface area contributed by atoms with Crippen molar-refractivity contribution in [1.29, 1.82) is 0 Å². The molecule has 1 aromatic heterocycles. The Morgan fingerprint density at radius 2 is 1.75 bits per heavy atom. The molecular weight excluding hydrogens is 402 g/mol. The molecule has 2 heterocycles. The van der Waals surface area contributed by atoms with Crippen LogP contribution < -0.4 is 19.9 Å². The number of benzene rings is 2. The van der Waals surface area contributed by atoms with Gasteiger partial charge < -0.3 is 24.6 Å². The first-order valence-corrected chi connectivity index (χ1v) is 11.0. The summed E-state index contributed by atoms with van der Waals surface area (Å²) in [6, 6.07) is 20.0. The predicted octanol–water partition coefficient (Wildman–Crippen LogP) is 4.48. The second-order valence-electron chi connectivity index (χ2n) is 8.40. The number of hydrogen-bond acceptors (Lipinski definition) is 7. The van der Waals surface area contributed by atoms with E-state index in [4.69, 9.17) is 19.4 Å². The van der Waals surface area contributed by atoms with Crippen LogP contribution in [0.15, 0.2) is 60.7 Å². The van der Waals surface area contributed by atoms with Gasteiger partial charge in [0.05, 0.1) is 12.2 Å². The van der Waals surface area contributed by atoms with E-state index in [1.54, 1.807) is 0 Å². The number of nitrogens with one attached hydrogen (secondary N) is 1. The van der Waals surface area contributed by atoms with E-state index in [1.165, 1.54) is 0 Å². The van der Waals surface area contributed by atoms with Crippen LogP contribution in [-0.2, 0) is 11.3 Å². The fraction of sp³-hybridized carbons (Fsp3) is 0.360. The fourth-order valence-electron chi connectivity index (χ4n) is 3.75. The van der Waals surface area contributed by atoms with Crippen molar-refractivity contribution in [1.82, 2.24) is 9.97 Å². The zero-order valence-corrected chi connectivity index (χ0v) is 19.2. The first-order chi connectivity index (χ1) is 15.5. The van der Waals surface area contributed by atoms with Gasteiger partial charge in [-0.05, 0) is 31.5 Å². The summed E-state index contributed by atoms with van der Waals surface area (Å²) < 4.78 is 11.8. The zero-order valence-electron chi connectivity index (χ0n) is 19.2. The average molecular weight is 434 g/mol. The standard InChI is InChI=1S/C25H31N5O2/c1-18-15-30(16-19(2)32-18)25-27-23(14-24(28-25)29(3)4)26-21-11-8-12-22(13-21)31-17-20-9-6-5-7-10-20/h5-14,18-19H,15-17H2,1-4H3,(H,26,27,28)/t18-,19-/m0/s1. The second kappa shape index (κ2) is 9.87. The van der Waals surface area contributed by atoms with Gasteiger partial charge in [-0.1, -0.05) is 36.4 Å². The van der Waals surface area contributed by atoms with Crippen molar-refractivity contribution in [3.63, 3.8) is 0 Å². The largest absolute Gasteiger partial charge is 0.489 e. The summed E-state index contributed by atoms with van der Waals surface area (Å²) in [5, 5.41) is 3.42. The van der Waals surface area contributed by atoms with Crippen molar-refractivity contribution < 1.29 is 9.47 Å². The number of hydrogen-bond donors (Lipinski definition) is 1. The lowest BCUT2D eigenvalue weighted by Crippen LogP contribution is -2.46. The summed E-state index contributed by atoms with van der Waals surface area (Å²) in [6.45, 7) is 6.23. The Morgan fingerprint density at radius 1 is 1.00 bits per heavy atom. The molecule has 1 saturated heterocycles. The normalized spacial score (nSPS) is 18.3. The lowest BCUT2D eigenvalue weighted by molar-refractivity contribution is -0.00570. The molecule has 3 aromatic rings. The van der Waals surface area contributed by atoms with Crippen molar-refractivity contribution in [2.75, 3.05) is 42.3 Å². The summed E-state index contributed by atoms with van der Waals surface area (Å²) in [5.74, 6) is 3.10. The summed E-state index contributed by atoms with van der Waals surface area (Å²) in [6.07, 6.45) is 0.278. The van der Waals surface area contributed by atoms with Gasteiger partial charge in [0.1, 0.15) is 24.0 Å². The molecule has 0 amide bonds. The van der Waals surface area contributed by atoms with Gasteiger partial charge in [-0.25, -0.2) is 0 Å². The Bertz CT molecular complexity index is 1020. The molecule has 0 saturated carbocycles. The van der Waals surface area contributed by atoms with E-state index in [1.807, 2.05) is 67.5 Å². The SMILES string of the molecule is C[C@H]1CN(c2nc(Nc3cccc(OCc4ccccc4)c3)cc(N(C)C)n2)C[C@H](C)O1. The molecule has 1 fully saturated rings. The van der Waals surface area contributed by atoms with Gasteiger partial charge in [-0.2, -0.15) is 9.97 Å². The molecule has 0 bridgehead atoms. The molecule has 168 valence electrons. The molecule has 1 aliphatic heterocycles. The summed E-state index contributed by atoms with van der Waals surface area (Å²) >= 11 is 0. The molecule has 0 aliphatic carbocycles. The zero-order chi connectivity index (χ0) is 22.5. The highest BCUT2D eigenvalue weighted by Gasteiger charge is 2.25. The molecule has 4 rings (SSSR count). The van der Waals surface area contributed by atoms with E-state index in [9.17, 15) is 0 Å². The second-order valence-corrected chi connectivity index (χ2v) is 8.40. The number of aromatic nitrogens is 2. The van der Waals surface area contributed by atoms with Crippen LogP contribution in [0.5, 0.6) is 5.75 Å². The van der Waals surface area contributed by atoms with Gasteiger partial charge in [0, 0.05) is 45.0 Å². The van der Waals surface area contributed by atoms with Crippen LogP contribution in [-0.4, -0.2) is 49.4 Å². The van der Waals surface area contributed by atoms with Crippen molar-refractivity contribution in [3.05, 3.63) is 66.2 Å². The van der Waals surface area contributed by atoms with Crippen LogP contribution in [0.1, 0.15) is 19.4 Å². The molecular formula is C25H31N5O2. The molecule has 2 atom stereocenters. The fourth-order valence-corrected chi connectivity index (χ4v) is 3.75. The van der Waals surface area contributed by atoms with E-state index < -0.39 is 0 Å². The minimum absolute atomic E-state index is 0.139. The maximum absolute atomic E-state index is 5.97. The highest BCUT2D eigenvalue weighted by Crippen LogP contribution is 2.26. The lowest BCUT2D eigenvalue weighted by atomic mass is 10.2. The van der Waals surface area contributed by atoms with E-state index in [0.717, 1.165) is 41.7 Å². The molecule has 1 aliphatic rings. The molecule has 0 spiro atoms. The van der Waals surface area contributed by atoms with Crippen LogP contribution >= 0.6 is 0 Å². The molecule has 0 radical (unpaired) electrons. The molecule has 32 heavy (non-hydrogen) atoms. The Hall–Kier alpha value is -3.32. The van der Waals surface area contributed by atoms with Crippen molar-refractivity contribution in [3.8, 4) is 5.75 Å². The van der Waals surface area contributed by atoms with Gasteiger partial charge in [0.15, 0.2) is 0 Å². The number of ether oxygens (including phenoxy) is 2.